The molecular formula is C16H16BrClFN. The van der Waals surface area contributed by atoms with E-state index in [9.17, 15) is 4.39 Å². The Bertz CT molecular complexity index is 595. The standard InChI is InChI=1S/C16H16BrClFN/c1-10-3-4-15(19)7-11(10)8-16(20-2)12-5-13(17)9-14(18)6-12/h3-7,9,16,20H,8H2,1-2H3. The molecule has 0 aliphatic rings. The highest BCUT2D eigenvalue weighted by molar-refractivity contribution is 9.10. The van der Waals surface area contributed by atoms with Gasteiger partial charge in [-0.15, -0.1) is 0 Å². The molecule has 1 atom stereocenters. The van der Waals surface area contributed by atoms with Gasteiger partial charge in [-0.25, -0.2) is 4.39 Å². The monoisotopic (exact) mass is 355 g/mol. The highest BCUT2D eigenvalue weighted by Crippen LogP contribution is 2.27. The summed E-state index contributed by atoms with van der Waals surface area (Å²) >= 11 is 9.54. The summed E-state index contributed by atoms with van der Waals surface area (Å²) in [5.41, 5.74) is 3.17. The molecule has 2 aromatic carbocycles. The third kappa shape index (κ3) is 3.81. The van der Waals surface area contributed by atoms with Crippen LogP contribution in [0.2, 0.25) is 5.02 Å². The third-order valence-electron chi connectivity index (χ3n) is 3.37. The predicted molar refractivity (Wildman–Crippen MR) is 85.8 cm³/mol. The Kier molecular flexibility index (Phi) is 5.19. The summed E-state index contributed by atoms with van der Waals surface area (Å²) in [5, 5.41) is 3.95. The molecule has 0 aliphatic heterocycles. The number of likely N-dealkylation sites (N-methyl/N-ethyl adjacent to an activating group) is 1. The first-order valence-electron chi connectivity index (χ1n) is 6.38. The average Bonchev–Trinajstić information content (AvgIpc) is 2.38. The van der Waals surface area contributed by atoms with Gasteiger partial charge in [0.05, 0.1) is 0 Å². The van der Waals surface area contributed by atoms with Crippen molar-refractivity contribution in [1.29, 1.82) is 0 Å². The van der Waals surface area contributed by atoms with Crippen molar-refractivity contribution >= 4 is 27.5 Å². The molecule has 1 unspecified atom stereocenters. The first-order chi connectivity index (χ1) is 9.49. The van der Waals surface area contributed by atoms with Crippen LogP contribution in [0.4, 0.5) is 4.39 Å². The lowest BCUT2D eigenvalue weighted by atomic mass is 9.96. The molecule has 0 saturated carbocycles. The zero-order valence-electron chi connectivity index (χ0n) is 11.4. The van der Waals surface area contributed by atoms with Crippen molar-refractivity contribution < 1.29 is 4.39 Å². The number of hydrogen-bond donors (Lipinski definition) is 1. The van der Waals surface area contributed by atoms with E-state index in [1.807, 2.05) is 38.2 Å². The molecule has 0 bridgehead atoms. The van der Waals surface area contributed by atoms with Crippen LogP contribution < -0.4 is 5.32 Å². The van der Waals surface area contributed by atoms with Gasteiger partial charge in [-0.3, -0.25) is 0 Å². The molecule has 1 N–H and O–H groups in total. The molecule has 4 heteroatoms. The van der Waals surface area contributed by atoms with Crippen LogP contribution in [0.3, 0.4) is 0 Å². The zero-order chi connectivity index (χ0) is 14.7. The van der Waals surface area contributed by atoms with E-state index in [2.05, 4.69) is 21.2 Å². The summed E-state index contributed by atoms with van der Waals surface area (Å²) in [6.45, 7) is 2.00. The van der Waals surface area contributed by atoms with Crippen LogP contribution in [0.5, 0.6) is 0 Å². The van der Waals surface area contributed by atoms with Crippen molar-refractivity contribution in [2.45, 2.75) is 19.4 Å². The van der Waals surface area contributed by atoms with E-state index in [0.29, 0.717) is 11.4 Å². The lowest BCUT2D eigenvalue weighted by Gasteiger charge is -2.19. The number of nitrogens with one attached hydrogen (secondary N) is 1. The van der Waals surface area contributed by atoms with Crippen LogP contribution in [0.1, 0.15) is 22.7 Å². The van der Waals surface area contributed by atoms with Crippen molar-refractivity contribution in [1.82, 2.24) is 5.32 Å². The minimum atomic E-state index is -0.201. The lowest BCUT2D eigenvalue weighted by Crippen LogP contribution is -2.19. The second-order valence-corrected chi connectivity index (χ2v) is 6.17. The molecule has 2 aromatic rings. The minimum Gasteiger partial charge on any atom is -0.313 e. The maximum atomic E-state index is 13.4. The van der Waals surface area contributed by atoms with Crippen molar-refractivity contribution in [2.75, 3.05) is 7.05 Å². The van der Waals surface area contributed by atoms with Crippen molar-refractivity contribution in [3.63, 3.8) is 0 Å². The highest BCUT2D eigenvalue weighted by Gasteiger charge is 2.13. The average molecular weight is 357 g/mol. The van der Waals surface area contributed by atoms with Gasteiger partial charge in [-0.05, 0) is 67.4 Å². The van der Waals surface area contributed by atoms with E-state index in [1.165, 1.54) is 6.07 Å². The van der Waals surface area contributed by atoms with Gasteiger partial charge in [0.2, 0.25) is 0 Å². The Morgan fingerprint density at radius 3 is 2.65 bits per heavy atom. The Morgan fingerprint density at radius 2 is 2.00 bits per heavy atom. The Balaban J connectivity index is 2.30. The van der Waals surface area contributed by atoms with E-state index < -0.39 is 0 Å². The van der Waals surface area contributed by atoms with E-state index in [-0.39, 0.29) is 11.9 Å². The topological polar surface area (TPSA) is 12.0 Å². The van der Waals surface area contributed by atoms with Gasteiger partial charge in [-0.2, -0.15) is 0 Å². The molecule has 0 heterocycles. The van der Waals surface area contributed by atoms with Gasteiger partial charge in [0.15, 0.2) is 0 Å². The molecule has 0 aliphatic carbocycles. The van der Waals surface area contributed by atoms with Crippen molar-refractivity contribution in [2.24, 2.45) is 0 Å². The molecule has 0 aromatic heterocycles. The van der Waals surface area contributed by atoms with Gasteiger partial charge < -0.3 is 5.32 Å². The van der Waals surface area contributed by atoms with E-state index in [1.54, 1.807) is 6.07 Å². The number of rotatable bonds is 4. The Hall–Kier alpha value is -0.900. The molecule has 1 nitrogen and oxygen atoms in total. The molecule has 2 rings (SSSR count). The molecule has 0 saturated heterocycles. The van der Waals surface area contributed by atoms with Gasteiger partial charge in [0.1, 0.15) is 5.82 Å². The third-order valence-corrected chi connectivity index (χ3v) is 4.05. The molecule has 106 valence electrons. The zero-order valence-corrected chi connectivity index (χ0v) is 13.7. The van der Waals surface area contributed by atoms with Crippen molar-refractivity contribution in [3.8, 4) is 0 Å². The summed E-state index contributed by atoms with van der Waals surface area (Å²) in [6.07, 6.45) is 0.715. The van der Waals surface area contributed by atoms with Crippen LogP contribution in [0.15, 0.2) is 40.9 Å². The molecule has 0 radical (unpaired) electrons. The van der Waals surface area contributed by atoms with E-state index in [0.717, 1.165) is 21.2 Å². The maximum absolute atomic E-state index is 13.4. The highest BCUT2D eigenvalue weighted by atomic mass is 79.9. The number of benzene rings is 2. The summed E-state index contributed by atoms with van der Waals surface area (Å²) in [4.78, 5) is 0. The predicted octanol–water partition coefficient (Wildman–Crippen LogP) is 5.05. The smallest absolute Gasteiger partial charge is 0.123 e. The lowest BCUT2D eigenvalue weighted by molar-refractivity contribution is 0.582. The van der Waals surface area contributed by atoms with Crippen LogP contribution in [-0.4, -0.2) is 7.05 Å². The second-order valence-electron chi connectivity index (χ2n) is 4.82. The summed E-state index contributed by atoms with van der Waals surface area (Å²) in [7, 11) is 1.90. The summed E-state index contributed by atoms with van der Waals surface area (Å²) in [5.74, 6) is -0.201. The molecular weight excluding hydrogens is 341 g/mol. The Morgan fingerprint density at radius 1 is 1.25 bits per heavy atom. The summed E-state index contributed by atoms with van der Waals surface area (Å²) < 4.78 is 14.3. The van der Waals surface area contributed by atoms with Gasteiger partial charge in [0, 0.05) is 15.5 Å². The molecule has 20 heavy (non-hydrogen) atoms. The minimum absolute atomic E-state index is 0.0884. The van der Waals surface area contributed by atoms with Crippen LogP contribution >= 0.6 is 27.5 Å². The molecule has 0 fully saturated rings. The van der Waals surface area contributed by atoms with Crippen LogP contribution in [-0.2, 0) is 6.42 Å². The quantitative estimate of drug-likeness (QED) is 0.808. The SMILES string of the molecule is CNC(Cc1cc(F)ccc1C)c1cc(Cl)cc(Br)c1. The summed E-state index contributed by atoms with van der Waals surface area (Å²) in [6, 6.07) is 10.8. The number of halogens is 3. The fraction of sp³-hybridized carbons (Fsp3) is 0.250. The van der Waals surface area contributed by atoms with Gasteiger partial charge in [-0.1, -0.05) is 33.6 Å². The first kappa shape index (κ1) is 15.5. The van der Waals surface area contributed by atoms with Gasteiger partial charge in [0.25, 0.3) is 0 Å². The van der Waals surface area contributed by atoms with E-state index >= 15 is 0 Å². The number of aryl methyl sites for hydroxylation is 1. The molecule has 0 amide bonds. The first-order valence-corrected chi connectivity index (χ1v) is 7.55. The molecule has 0 spiro atoms. The fourth-order valence-corrected chi connectivity index (χ4v) is 3.13. The van der Waals surface area contributed by atoms with Crippen LogP contribution in [0, 0.1) is 12.7 Å². The maximum Gasteiger partial charge on any atom is 0.123 e. The van der Waals surface area contributed by atoms with E-state index in [4.69, 9.17) is 11.6 Å². The normalized spacial score (nSPS) is 12.4. The Labute approximate surface area is 132 Å². The van der Waals surface area contributed by atoms with Gasteiger partial charge >= 0.3 is 0 Å². The largest absolute Gasteiger partial charge is 0.313 e. The number of hydrogen-bond acceptors (Lipinski definition) is 1. The van der Waals surface area contributed by atoms with Crippen molar-refractivity contribution in [3.05, 3.63) is 68.4 Å². The van der Waals surface area contributed by atoms with Crippen LogP contribution in [0.25, 0.3) is 0 Å². The fourth-order valence-electron chi connectivity index (χ4n) is 2.24. The second kappa shape index (κ2) is 6.70.